The standard InChI is InChI=1S/C23H25N5O2/c1-15-11-20(26-22-18(15)9-6-10-19(22)30-2)28-23(17(13-24)14-25-28)27-21(29)12-16-7-4-3-5-8-16/h6,9-11,14,16H,3-5,7-8,12H2,1-2H3,(H,27,29). The van der Waals surface area contributed by atoms with E-state index in [1.807, 2.05) is 31.2 Å². The van der Waals surface area contributed by atoms with E-state index in [1.54, 1.807) is 7.11 Å². The van der Waals surface area contributed by atoms with Gasteiger partial charge < -0.3 is 10.1 Å². The van der Waals surface area contributed by atoms with Gasteiger partial charge in [0.05, 0.1) is 13.3 Å². The fourth-order valence-corrected chi connectivity index (χ4v) is 4.21. The summed E-state index contributed by atoms with van der Waals surface area (Å²) in [6.07, 6.45) is 7.71. The third-order valence-corrected chi connectivity index (χ3v) is 5.78. The molecule has 0 aliphatic heterocycles. The first-order valence-electron chi connectivity index (χ1n) is 10.3. The highest BCUT2D eigenvalue weighted by atomic mass is 16.5. The Balaban J connectivity index is 1.69. The highest BCUT2D eigenvalue weighted by Crippen LogP contribution is 2.30. The third-order valence-electron chi connectivity index (χ3n) is 5.78. The Kier molecular flexibility index (Phi) is 5.66. The van der Waals surface area contributed by atoms with Crippen LogP contribution in [0.25, 0.3) is 16.7 Å². The first-order valence-corrected chi connectivity index (χ1v) is 10.3. The molecule has 154 valence electrons. The zero-order chi connectivity index (χ0) is 21.1. The molecule has 0 saturated heterocycles. The van der Waals surface area contributed by atoms with Gasteiger partial charge >= 0.3 is 0 Å². The summed E-state index contributed by atoms with van der Waals surface area (Å²) in [6.45, 7) is 1.99. The van der Waals surface area contributed by atoms with Gasteiger partial charge in [0, 0.05) is 11.8 Å². The molecule has 1 aliphatic rings. The van der Waals surface area contributed by atoms with Gasteiger partial charge in [-0.3, -0.25) is 4.79 Å². The van der Waals surface area contributed by atoms with Gasteiger partial charge in [0.2, 0.25) is 5.91 Å². The summed E-state index contributed by atoms with van der Waals surface area (Å²) in [5.41, 5.74) is 2.03. The third kappa shape index (κ3) is 3.86. The summed E-state index contributed by atoms with van der Waals surface area (Å²) < 4.78 is 6.99. The molecule has 1 fully saturated rings. The lowest BCUT2D eigenvalue weighted by Crippen LogP contribution is -2.20. The number of ether oxygens (including phenoxy) is 1. The predicted octanol–water partition coefficient (Wildman–Crippen LogP) is 4.52. The molecule has 1 amide bonds. The molecule has 1 saturated carbocycles. The molecule has 0 spiro atoms. The Morgan fingerprint density at radius 2 is 2.13 bits per heavy atom. The van der Waals surface area contributed by atoms with Crippen molar-refractivity contribution in [1.82, 2.24) is 14.8 Å². The van der Waals surface area contributed by atoms with Crippen molar-refractivity contribution in [2.75, 3.05) is 12.4 Å². The normalized spacial score (nSPS) is 14.4. The van der Waals surface area contributed by atoms with E-state index in [1.165, 1.54) is 30.1 Å². The van der Waals surface area contributed by atoms with Gasteiger partial charge in [0.15, 0.2) is 11.6 Å². The number of pyridine rings is 1. The second kappa shape index (κ2) is 8.54. The largest absolute Gasteiger partial charge is 0.494 e. The quantitative estimate of drug-likeness (QED) is 0.676. The van der Waals surface area contributed by atoms with Gasteiger partial charge in [-0.15, -0.1) is 0 Å². The van der Waals surface area contributed by atoms with Gasteiger partial charge in [-0.05, 0) is 43.4 Å². The van der Waals surface area contributed by atoms with E-state index < -0.39 is 0 Å². The van der Waals surface area contributed by atoms with Crippen molar-refractivity contribution in [3.05, 3.63) is 41.6 Å². The van der Waals surface area contributed by atoms with Gasteiger partial charge in [0.1, 0.15) is 22.9 Å². The minimum atomic E-state index is -0.0877. The number of rotatable bonds is 5. The Morgan fingerprint density at radius 1 is 1.33 bits per heavy atom. The fraction of sp³-hybridized carbons (Fsp3) is 0.391. The van der Waals surface area contributed by atoms with E-state index in [0.717, 1.165) is 23.8 Å². The number of amides is 1. The Bertz CT molecular complexity index is 1120. The molecule has 1 N–H and O–H groups in total. The fourth-order valence-electron chi connectivity index (χ4n) is 4.21. The number of hydrogen-bond acceptors (Lipinski definition) is 5. The number of nitrogens with zero attached hydrogens (tertiary/aromatic N) is 4. The zero-order valence-corrected chi connectivity index (χ0v) is 17.3. The van der Waals surface area contributed by atoms with E-state index in [0.29, 0.717) is 40.8 Å². The monoisotopic (exact) mass is 403 g/mol. The smallest absolute Gasteiger partial charge is 0.225 e. The van der Waals surface area contributed by atoms with Crippen LogP contribution >= 0.6 is 0 Å². The topological polar surface area (TPSA) is 92.8 Å². The van der Waals surface area contributed by atoms with Crippen LogP contribution in [-0.4, -0.2) is 27.8 Å². The number of carbonyl (C=O) groups is 1. The van der Waals surface area contributed by atoms with Gasteiger partial charge in [-0.1, -0.05) is 31.4 Å². The Hall–Kier alpha value is -3.40. The number of benzene rings is 1. The van der Waals surface area contributed by atoms with Crippen LogP contribution in [0.3, 0.4) is 0 Å². The number of carbonyl (C=O) groups excluding carboxylic acids is 1. The summed E-state index contributed by atoms with van der Waals surface area (Å²) in [5, 5.41) is 17.8. The van der Waals surface area contributed by atoms with Crippen LogP contribution in [-0.2, 0) is 4.79 Å². The first kappa shape index (κ1) is 19.9. The molecule has 0 atom stereocenters. The van der Waals surface area contributed by atoms with Crippen molar-refractivity contribution in [3.8, 4) is 17.6 Å². The molecule has 2 aromatic heterocycles. The molecule has 0 radical (unpaired) electrons. The van der Waals surface area contributed by atoms with Crippen molar-refractivity contribution in [2.24, 2.45) is 5.92 Å². The molecule has 1 aromatic carbocycles. The molecule has 7 nitrogen and oxygen atoms in total. The van der Waals surface area contributed by atoms with Gasteiger partial charge in [-0.2, -0.15) is 15.0 Å². The van der Waals surface area contributed by atoms with Crippen LogP contribution in [0.1, 0.15) is 49.7 Å². The van der Waals surface area contributed by atoms with E-state index in [2.05, 4.69) is 16.5 Å². The maximum atomic E-state index is 12.7. The van der Waals surface area contributed by atoms with E-state index >= 15 is 0 Å². The number of aryl methyl sites for hydroxylation is 1. The van der Waals surface area contributed by atoms with Crippen molar-refractivity contribution in [2.45, 2.75) is 45.4 Å². The molecule has 0 unspecified atom stereocenters. The van der Waals surface area contributed by atoms with E-state index in [-0.39, 0.29) is 5.91 Å². The number of anilines is 1. The molecule has 30 heavy (non-hydrogen) atoms. The SMILES string of the molecule is COc1cccc2c(C)cc(-n3ncc(C#N)c3NC(=O)CC3CCCCC3)nc12. The highest BCUT2D eigenvalue weighted by molar-refractivity contribution is 5.92. The maximum absolute atomic E-state index is 12.7. The summed E-state index contributed by atoms with van der Waals surface area (Å²) in [6, 6.07) is 9.78. The minimum absolute atomic E-state index is 0.0877. The summed E-state index contributed by atoms with van der Waals surface area (Å²) in [4.78, 5) is 17.4. The first-order chi connectivity index (χ1) is 14.6. The van der Waals surface area contributed by atoms with Crippen molar-refractivity contribution in [1.29, 1.82) is 5.26 Å². The van der Waals surface area contributed by atoms with Crippen LogP contribution < -0.4 is 10.1 Å². The molecule has 4 rings (SSSR count). The van der Waals surface area contributed by atoms with E-state index in [4.69, 9.17) is 9.72 Å². The number of fused-ring (bicyclic) bond motifs is 1. The maximum Gasteiger partial charge on any atom is 0.225 e. The average molecular weight is 403 g/mol. The molecule has 1 aliphatic carbocycles. The summed E-state index contributed by atoms with van der Waals surface area (Å²) >= 11 is 0. The lowest BCUT2D eigenvalue weighted by atomic mass is 9.87. The van der Waals surface area contributed by atoms with Crippen molar-refractivity contribution in [3.63, 3.8) is 0 Å². The van der Waals surface area contributed by atoms with Crippen LogP contribution in [0, 0.1) is 24.2 Å². The van der Waals surface area contributed by atoms with Gasteiger partial charge in [0.25, 0.3) is 0 Å². The number of aromatic nitrogens is 3. The number of para-hydroxylation sites is 1. The van der Waals surface area contributed by atoms with Gasteiger partial charge in [-0.25, -0.2) is 4.98 Å². The average Bonchev–Trinajstić information content (AvgIpc) is 3.16. The van der Waals surface area contributed by atoms with Crippen LogP contribution in [0.4, 0.5) is 5.82 Å². The second-order valence-electron chi connectivity index (χ2n) is 7.84. The Labute approximate surface area is 175 Å². The summed E-state index contributed by atoms with van der Waals surface area (Å²) in [5.74, 6) is 1.87. The minimum Gasteiger partial charge on any atom is -0.494 e. The van der Waals surface area contributed by atoms with Crippen molar-refractivity contribution < 1.29 is 9.53 Å². The number of hydrogen-bond donors (Lipinski definition) is 1. The molecule has 7 heteroatoms. The molecular weight excluding hydrogens is 378 g/mol. The lowest BCUT2D eigenvalue weighted by Gasteiger charge is -2.21. The zero-order valence-electron chi connectivity index (χ0n) is 17.3. The van der Waals surface area contributed by atoms with Crippen LogP contribution in [0.2, 0.25) is 0 Å². The summed E-state index contributed by atoms with van der Waals surface area (Å²) in [7, 11) is 1.61. The number of nitriles is 1. The molecule has 2 heterocycles. The van der Waals surface area contributed by atoms with E-state index in [9.17, 15) is 10.1 Å². The lowest BCUT2D eigenvalue weighted by molar-refractivity contribution is -0.117. The number of nitrogens with one attached hydrogen (secondary N) is 1. The van der Waals surface area contributed by atoms with Crippen LogP contribution in [0.5, 0.6) is 5.75 Å². The van der Waals surface area contributed by atoms with Crippen molar-refractivity contribution >= 4 is 22.6 Å². The second-order valence-corrected chi connectivity index (χ2v) is 7.84. The molecule has 3 aromatic rings. The van der Waals surface area contributed by atoms with Crippen LogP contribution in [0.15, 0.2) is 30.5 Å². The molecular formula is C23H25N5O2. The number of methoxy groups -OCH3 is 1. The highest BCUT2D eigenvalue weighted by Gasteiger charge is 2.21. The predicted molar refractivity (Wildman–Crippen MR) is 115 cm³/mol. The Morgan fingerprint density at radius 3 is 2.87 bits per heavy atom. The molecule has 0 bridgehead atoms.